The molecule has 2 aromatic carbocycles. The van der Waals surface area contributed by atoms with Crippen LogP contribution in [-0.4, -0.2) is 89.8 Å². The predicted molar refractivity (Wildman–Crippen MR) is 168 cm³/mol. The van der Waals surface area contributed by atoms with Crippen LogP contribution in [0, 0.1) is 0 Å². The Morgan fingerprint density at radius 2 is 1.49 bits per heavy atom. The quantitative estimate of drug-likeness (QED) is 0.201. The number of hydrogen-bond donors (Lipinski definition) is 1. The lowest BCUT2D eigenvalue weighted by Gasteiger charge is -2.33. The molecule has 1 aliphatic rings. The van der Waals surface area contributed by atoms with Crippen LogP contribution in [0.3, 0.4) is 0 Å². The molecule has 3 rings (SSSR count). The lowest BCUT2D eigenvalue weighted by Crippen LogP contribution is -2.47. The fourth-order valence-corrected chi connectivity index (χ4v) is 4.57. The fourth-order valence-electron chi connectivity index (χ4n) is 4.57. The number of ketones is 2. The molecule has 0 saturated heterocycles. The lowest BCUT2D eigenvalue weighted by molar-refractivity contribution is -0.143. The number of hydrogen-bond acceptors (Lipinski definition) is 9. The van der Waals surface area contributed by atoms with Gasteiger partial charge in [0, 0.05) is 19.4 Å². The van der Waals surface area contributed by atoms with Crippen molar-refractivity contribution in [1.82, 2.24) is 9.80 Å². The maximum atomic E-state index is 13.3. The highest BCUT2D eigenvalue weighted by Gasteiger charge is 2.34. The highest BCUT2D eigenvalue weighted by atomic mass is 19.1. The molecule has 2 unspecified atom stereocenters. The molecule has 256 valence electrons. The van der Waals surface area contributed by atoms with Gasteiger partial charge in [-0.25, -0.2) is 18.4 Å². The SMILES string of the molecule is CC(=O)C1=C(O)CC(CF)N(C(=O)OCc2ccccc2)C1.CCOC(=O)CCN(C(=O)OCc1ccccc1)C(CF)CC(C)=O. The molecule has 13 heteroatoms. The number of halogens is 2. The van der Waals surface area contributed by atoms with E-state index < -0.39 is 43.6 Å². The van der Waals surface area contributed by atoms with Crippen molar-refractivity contribution < 1.29 is 52.1 Å². The van der Waals surface area contributed by atoms with Crippen molar-refractivity contribution in [2.45, 2.75) is 65.3 Å². The first-order valence-corrected chi connectivity index (χ1v) is 15.1. The molecule has 0 aromatic heterocycles. The minimum Gasteiger partial charge on any atom is -0.512 e. The monoisotopic (exact) mass is 660 g/mol. The topological polar surface area (TPSA) is 140 Å². The van der Waals surface area contributed by atoms with Crippen LogP contribution in [0.15, 0.2) is 72.0 Å². The van der Waals surface area contributed by atoms with Crippen LogP contribution in [0.5, 0.6) is 0 Å². The number of nitrogens with zero attached hydrogens (tertiary/aromatic N) is 2. The summed E-state index contributed by atoms with van der Waals surface area (Å²) in [6.45, 7) is 2.68. The average molecular weight is 661 g/mol. The number of amides is 2. The van der Waals surface area contributed by atoms with Crippen LogP contribution in [0.4, 0.5) is 18.4 Å². The molecule has 0 aliphatic carbocycles. The van der Waals surface area contributed by atoms with Crippen LogP contribution in [0.25, 0.3) is 0 Å². The molecule has 0 bridgehead atoms. The second-order valence-corrected chi connectivity index (χ2v) is 10.7. The van der Waals surface area contributed by atoms with Crippen molar-refractivity contribution in [3.8, 4) is 0 Å². The Kier molecular flexibility index (Phi) is 16.6. The molecule has 0 radical (unpaired) electrons. The van der Waals surface area contributed by atoms with E-state index in [-0.39, 0.29) is 75.1 Å². The summed E-state index contributed by atoms with van der Waals surface area (Å²) in [5.74, 6) is -1.23. The van der Waals surface area contributed by atoms with Crippen LogP contribution >= 0.6 is 0 Å². The minimum atomic E-state index is -0.963. The number of carbonyl (C=O) groups is 5. The zero-order valence-corrected chi connectivity index (χ0v) is 26.9. The number of Topliss-reactive ketones (excluding diaryl/α,β-unsaturated/α-hetero) is 2. The van der Waals surface area contributed by atoms with Gasteiger partial charge in [-0.15, -0.1) is 0 Å². The molecule has 1 heterocycles. The second-order valence-electron chi connectivity index (χ2n) is 10.7. The predicted octanol–water partition coefficient (Wildman–Crippen LogP) is 5.66. The van der Waals surface area contributed by atoms with Gasteiger partial charge in [0.2, 0.25) is 0 Å². The molecule has 47 heavy (non-hydrogen) atoms. The highest BCUT2D eigenvalue weighted by molar-refractivity contribution is 5.95. The van der Waals surface area contributed by atoms with E-state index >= 15 is 0 Å². The first-order valence-electron chi connectivity index (χ1n) is 15.1. The van der Waals surface area contributed by atoms with Gasteiger partial charge < -0.3 is 24.2 Å². The summed E-state index contributed by atoms with van der Waals surface area (Å²) in [5.41, 5.74) is 1.72. The third-order valence-corrected chi connectivity index (χ3v) is 7.03. The molecule has 0 fully saturated rings. The van der Waals surface area contributed by atoms with Gasteiger partial charge >= 0.3 is 18.2 Å². The highest BCUT2D eigenvalue weighted by Crippen LogP contribution is 2.24. The number of alkyl halides is 2. The molecular weight excluding hydrogens is 618 g/mol. The number of aliphatic hydroxyl groups excluding tert-OH is 1. The smallest absolute Gasteiger partial charge is 0.410 e. The van der Waals surface area contributed by atoms with Gasteiger partial charge in [-0.3, -0.25) is 19.3 Å². The van der Waals surface area contributed by atoms with Crippen molar-refractivity contribution in [3.63, 3.8) is 0 Å². The summed E-state index contributed by atoms with van der Waals surface area (Å²) in [5, 5.41) is 9.76. The average Bonchev–Trinajstić information content (AvgIpc) is 3.06. The lowest BCUT2D eigenvalue weighted by atomic mass is 9.99. The third kappa shape index (κ3) is 13.2. The molecule has 2 aromatic rings. The number of aliphatic hydroxyl groups is 1. The summed E-state index contributed by atoms with van der Waals surface area (Å²) in [6, 6.07) is 16.4. The van der Waals surface area contributed by atoms with Crippen molar-refractivity contribution >= 4 is 29.7 Å². The summed E-state index contributed by atoms with van der Waals surface area (Å²) < 4.78 is 41.6. The molecule has 1 aliphatic heterocycles. The van der Waals surface area contributed by atoms with Crippen LogP contribution < -0.4 is 0 Å². The molecule has 11 nitrogen and oxygen atoms in total. The Balaban J connectivity index is 0.000000329. The van der Waals surface area contributed by atoms with E-state index in [0.29, 0.717) is 0 Å². The number of carbonyl (C=O) groups excluding carboxylic acids is 5. The van der Waals surface area contributed by atoms with Crippen LogP contribution in [-0.2, 0) is 41.8 Å². The Morgan fingerprint density at radius 3 is 1.98 bits per heavy atom. The zero-order chi connectivity index (χ0) is 34.8. The maximum Gasteiger partial charge on any atom is 0.410 e. The molecule has 0 saturated carbocycles. The molecule has 2 atom stereocenters. The van der Waals surface area contributed by atoms with Crippen LogP contribution in [0.2, 0.25) is 0 Å². The molecular formula is C34H42F2N2O9. The Labute approximate surface area is 273 Å². The van der Waals surface area contributed by atoms with Gasteiger partial charge in [0.05, 0.1) is 37.2 Å². The van der Waals surface area contributed by atoms with E-state index in [0.717, 1.165) is 20.9 Å². The third-order valence-electron chi connectivity index (χ3n) is 7.03. The van der Waals surface area contributed by atoms with Gasteiger partial charge in [0.25, 0.3) is 0 Å². The second kappa shape index (κ2) is 20.3. The Bertz CT molecular complexity index is 1360. The van der Waals surface area contributed by atoms with Crippen molar-refractivity contribution in [1.29, 1.82) is 0 Å². The van der Waals surface area contributed by atoms with E-state index in [2.05, 4.69) is 0 Å². The normalized spacial score (nSPS) is 14.7. The summed E-state index contributed by atoms with van der Waals surface area (Å²) in [4.78, 5) is 61.0. The summed E-state index contributed by atoms with van der Waals surface area (Å²) >= 11 is 0. The first-order chi connectivity index (χ1) is 22.5. The van der Waals surface area contributed by atoms with Gasteiger partial charge in [-0.05, 0) is 31.9 Å². The Hall–Kier alpha value is -4.81. The maximum absolute atomic E-state index is 13.3. The van der Waals surface area contributed by atoms with Gasteiger partial charge in [-0.1, -0.05) is 60.7 Å². The standard InChI is InChI=1S/C18H24FNO5.C16H18FNO4/c1-3-24-17(22)9-10-20(16(12-19)11-14(2)21)18(23)25-13-15-7-5-4-6-8-15;1-11(19)14-9-18(13(8-17)7-15(14)20)16(21)22-10-12-5-3-2-4-6-12/h4-8,16H,3,9-13H2,1-2H3;2-6,13,20H,7-10H2,1H3. The van der Waals surface area contributed by atoms with Gasteiger partial charge in [0.1, 0.15) is 38.1 Å². The summed E-state index contributed by atoms with van der Waals surface area (Å²) in [7, 11) is 0. The number of ether oxygens (including phenoxy) is 3. The van der Waals surface area contributed by atoms with Crippen molar-refractivity contribution in [2.75, 3.05) is 33.0 Å². The van der Waals surface area contributed by atoms with E-state index in [1.54, 1.807) is 19.1 Å². The zero-order valence-electron chi connectivity index (χ0n) is 26.9. The number of rotatable bonds is 14. The van der Waals surface area contributed by atoms with E-state index in [4.69, 9.17) is 14.2 Å². The van der Waals surface area contributed by atoms with Crippen molar-refractivity contribution in [3.05, 3.63) is 83.1 Å². The molecule has 2 amide bonds. The summed E-state index contributed by atoms with van der Waals surface area (Å²) in [6.07, 6.45) is -1.77. The number of esters is 1. The molecule has 1 N–H and O–H groups in total. The van der Waals surface area contributed by atoms with E-state index in [1.807, 2.05) is 48.5 Å². The van der Waals surface area contributed by atoms with E-state index in [1.165, 1.54) is 13.8 Å². The minimum absolute atomic E-state index is 0.0225. The Morgan fingerprint density at radius 1 is 0.915 bits per heavy atom. The van der Waals surface area contributed by atoms with E-state index in [9.17, 15) is 37.9 Å². The first kappa shape index (κ1) is 38.4. The van der Waals surface area contributed by atoms with Crippen LogP contribution in [0.1, 0.15) is 51.2 Å². The van der Waals surface area contributed by atoms with Crippen molar-refractivity contribution in [2.24, 2.45) is 0 Å². The fraction of sp³-hybridized carbons (Fsp3) is 0.441. The van der Waals surface area contributed by atoms with Gasteiger partial charge in [0.15, 0.2) is 5.78 Å². The van der Waals surface area contributed by atoms with Gasteiger partial charge in [-0.2, -0.15) is 0 Å². The number of benzene rings is 2. The molecule has 0 spiro atoms. The largest absolute Gasteiger partial charge is 0.512 e.